The van der Waals surface area contributed by atoms with E-state index in [9.17, 15) is 5.11 Å². The highest BCUT2D eigenvalue weighted by Crippen LogP contribution is 2.30. The molecule has 1 aromatic heterocycles. The maximum absolute atomic E-state index is 10.3. The SMILES string of the molecule is OC(Cc1ccncc1Cl)c1ccc2c(c1)CCO2. The number of benzene rings is 1. The van der Waals surface area contributed by atoms with Crippen LogP contribution in [0.5, 0.6) is 5.75 Å². The van der Waals surface area contributed by atoms with Crippen LogP contribution in [0.3, 0.4) is 0 Å². The molecule has 1 aromatic carbocycles. The van der Waals surface area contributed by atoms with Gasteiger partial charge in [-0.25, -0.2) is 0 Å². The molecule has 1 atom stereocenters. The Hall–Kier alpha value is -1.58. The van der Waals surface area contributed by atoms with Gasteiger partial charge in [-0.15, -0.1) is 0 Å². The zero-order chi connectivity index (χ0) is 13.2. The molecule has 0 aliphatic carbocycles. The van der Waals surface area contributed by atoms with E-state index in [1.807, 2.05) is 24.3 Å². The predicted octanol–water partition coefficient (Wildman–Crippen LogP) is 2.95. The van der Waals surface area contributed by atoms with Gasteiger partial charge >= 0.3 is 0 Å². The van der Waals surface area contributed by atoms with Crippen molar-refractivity contribution in [3.63, 3.8) is 0 Å². The van der Waals surface area contributed by atoms with E-state index in [-0.39, 0.29) is 0 Å². The van der Waals surface area contributed by atoms with Gasteiger partial charge in [-0.05, 0) is 34.9 Å². The fourth-order valence-electron chi connectivity index (χ4n) is 2.31. The van der Waals surface area contributed by atoms with Gasteiger partial charge in [0.05, 0.1) is 17.7 Å². The monoisotopic (exact) mass is 275 g/mol. The summed E-state index contributed by atoms with van der Waals surface area (Å²) >= 11 is 6.06. The van der Waals surface area contributed by atoms with Crippen LogP contribution in [0, 0.1) is 0 Å². The summed E-state index contributed by atoms with van der Waals surface area (Å²) in [6.45, 7) is 0.727. The number of pyridine rings is 1. The molecule has 1 aliphatic rings. The van der Waals surface area contributed by atoms with Crippen LogP contribution in [0.25, 0.3) is 0 Å². The molecule has 0 fully saturated rings. The van der Waals surface area contributed by atoms with E-state index < -0.39 is 6.10 Å². The van der Waals surface area contributed by atoms with Gasteiger partial charge in [0.2, 0.25) is 0 Å². The van der Waals surface area contributed by atoms with Crippen LogP contribution in [0.4, 0.5) is 0 Å². The smallest absolute Gasteiger partial charge is 0.122 e. The molecule has 4 heteroatoms. The van der Waals surface area contributed by atoms with Crippen LogP contribution in [-0.4, -0.2) is 16.7 Å². The Balaban J connectivity index is 1.81. The number of aliphatic hydroxyl groups is 1. The van der Waals surface area contributed by atoms with Crippen LogP contribution in [-0.2, 0) is 12.8 Å². The van der Waals surface area contributed by atoms with Crippen molar-refractivity contribution in [1.82, 2.24) is 4.98 Å². The fraction of sp³-hybridized carbons (Fsp3) is 0.267. The summed E-state index contributed by atoms with van der Waals surface area (Å²) in [6.07, 6.45) is 4.11. The first-order valence-electron chi connectivity index (χ1n) is 6.26. The molecule has 0 saturated heterocycles. The van der Waals surface area contributed by atoms with Crippen LogP contribution in [0.15, 0.2) is 36.7 Å². The molecule has 2 heterocycles. The van der Waals surface area contributed by atoms with E-state index in [4.69, 9.17) is 16.3 Å². The quantitative estimate of drug-likeness (QED) is 0.936. The van der Waals surface area contributed by atoms with Gasteiger partial charge in [0.1, 0.15) is 5.75 Å². The van der Waals surface area contributed by atoms with Crippen molar-refractivity contribution in [2.24, 2.45) is 0 Å². The normalized spacial score (nSPS) is 14.8. The number of aromatic nitrogens is 1. The molecule has 98 valence electrons. The van der Waals surface area contributed by atoms with Gasteiger partial charge in [-0.1, -0.05) is 17.7 Å². The van der Waals surface area contributed by atoms with E-state index in [0.29, 0.717) is 11.4 Å². The van der Waals surface area contributed by atoms with Gasteiger partial charge in [0.25, 0.3) is 0 Å². The number of fused-ring (bicyclic) bond motifs is 1. The third-order valence-corrected chi connectivity index (χ3v) is 3.71. The predicted molar refractivity (Wildman–Crippen MR) is 73.6 cm³/mol. The van der Waals surface area contributed by atoms with Gasteiger partial charge in [-0.3, -0.25) is 4.98 Å². The first-order valence-corrected chi connectivity index (χ1v) is 6.64. The second-order valence-electron chi connectivity index (χ2n) is 4.65. The molecule has 0 saturated carbocycles. The van der Waals surface area contributed by atoms with Crippen molar-refractivity contribution in [1.29, 1.82) is 0 Å². The Morgan fingerprint density at radius 1 is 1.37 bits per heavy atom. The van der Waals surface area contributed by atoms with Crippen LogP contribution < -0.4 is 4.74 Å². The molecule has 19 heavy (non-hydrogen) atoms. The first-order chi connectivity index (χ1) is 9.24. The number of ether oxygens (including phenoxy) is 1. The molecule has 1 N–H and O–H groups in total. The summed E-state index contributed by atoms with van der Waals surface area (Å²) in [6, 6.07) is 7.68. The zero-order valence-electron chi connectivity index (χ0n) is 10.3. The minimum Gasteiger partial charge on any atom is -0.493 e. The van der Waals surface area contributed by atoms with E-state index in [1.54, 1.807) is 12.4 Å². The van der Waals surface area contributed by atoms with Crippen molar-refractivity contribution in [3.05, 3.63) is 58.4 Å². The van der Waals surface area contributed by atoms with Crippen molar-refractivity contribution in [2.45, 2.75) is 18.9 Å². The average molecular weight is 276 g/mol. The molecular formula is C15H14ClNO2. The number of halogens is 1. The number of hydrogen-bond donors (Lipinski definition) is 1. The summed E-state index contributed by atoms with van der Waals surface area (Å²) < 4.78 is 5.46. The topological polar surface area (TPSA) is 42.4 Å². The molecule has 0 spiro atoms. The van der Waals surface area contributed by atoms with Crippen molar-refractivity contribution >= 4 is 11.6 Å². The zero-order valence-corrected chi connectivity index (χ0v) is 11.1. The lowest BCUT2D eigenvalue weighted by Crippen LogP contribution is -2.03. The van der Waals surface area contributed by atoms with Gasteiger partial charge in [-0.2, -0.15) is 0 Å². The van der Waals surface area contributed by atoms with Gasteiger partial charge < -0.3 is 9.84 Å². The summed E-state index contributed by atoms with van der Waals surface area (Å²) in [5.41, 5.74) is 2.97. The highest BCUT2D eigenvalue weighted by atomic mass is 35.5. The molecule has 1 unspecified atom stereocenters. The second kappa shape index (κ2) is 5.19. The highest BCUT2D eigenvalue weighted by Gasteiger charge is 2.16. The van der Waals surface area contributed by atoms with Crippen LogP contribution >= 0.6 is 11.6 Å². The summed E-state index contributed by atoms with van der Waals surface area (Å²) in [5.74, 6) is 0.929. The van der Waals surface area contributed by atoms with E-state index in [1.165, 1.54) is 0 Å². The fourth-order valence-corrected chi connectivity index (χ4v) is 2.51. The minimum atomic E-state index is -0.564. The number of rotatable bonds is 3. The number of aliphatic hydroxyl groups excluding tert-OH is 1. The summed E-state index contributed by atoms with van der Waals surface area (Å²) in [5, 5.41) is 10.9. The first kappa shape index (κ1) is 12.5. The number of hydrogen-bond acceptors (Lipinski definition) is 3. The van der Waals surface area contributed by atoms with Gasteiger partial charge in [0.15, 0.2) is 0 Å². The van der Waals surface area contributed by atoms with Crippen LogP contribution in [0.2, 0.25) is 5.02 Å². The van der Waals surface area contributed by atoms with Crippen molar-refractivity contribution < 1.29 is 9.84 Å². The Bertz CT molecular complexity index is 600. The average Bonchev–Trinajstić information content (AvgIpc) is 2.88. The van der Waals surface area contributed by atoms with Crippen LogP contribution in [0.1, 0.15) is 22.8 Å². The second-order valence-corrected chi connectivity index (χ2v) is 5.06. The third kappa shape index (κ3) is 2.57. The van der Waals surface area contributed by atoms with Gasteiger partial charge in [0, 0.05) is 25.2 Å². The maximum atomic E-state index is 10.3. The molecule has 0 amide bonds. The summed E-state index contributed by atoms with van der Waals surface area (Å²) in [7, 11) is 0. The molecule has 3 nitrogen and oxygen atoms in total. The van der Waals surface area contributed by atoms with E-state index >= 15 is 0 Å². The lowest BCUT2D eigenvalue weighted by molar-refractivity contribution is 0.178. The molecule has 0 bridgehead atoms. The largest absolute Gasteiger partial charge is 0.493 e. The standard InChI is InChI=1S/C15H14ClNO2/c16-13-9-17-5-3-10(13)8-14(18)11-1-2-15-12(7-11)4-6-19-15/h1-3,5,7,9,14,18H,4,6,8H2. The van der Waals surface area contributed by atoms with Crippen molar-refractivity contribution in [3.8, 4) is 5.75 Å². The Morgan fingerprint density at radius 3 is 3.11 bits per heavy atom. The lowest BCUT2D eigenvalue weighted by atomic mass is 9.99. The maximum Gasteiger partial charge on any atom is 0.122 e. The third-order valence-electron chi connectivity index (χ3n) is 3.37. The Labute approximate surface area is 116 Å². The molecule has 2 aromatic rings. The summed E-state index contributed by atoms with van der Waals surface area (Å²) in [4.78, 5) is 3.94. The molecule has 3 rings (SSSR count). The Kier molecular flexibility index (Phi) is 3.40. The molecular weight excluding hydrogens is 262 g/mol. The van der Waals surface area contributed by atoms with E-state index in [2.05, 4.69) is 4.98 Å². The molecule has 0 radical (unpaired) electrons. The Morgan fingerprint density at radius 2 is 2.26 bits per heavy atom. The minimum absolute atomic E-state index is 0.487. The van der Waals surface area contributed by atoms with Crippen molar-refractivity contribution in [2.75, 3.05) is 6.61 Å². The lowest BCUT2D eigenvalue weighted by Gasteiger charge is -2.13. The number of nitrogens with zero attached hydrogens (tertiary/aromatic N) is 1. The van der Waals surface area contributed by atoms with E-state index in [0.717, 1.165) is 35.5 Å². The molecule has 1 aliphatic heterocycles. The highest BCUT2D eigenvalue weighted by molar-refractivity contribution is 6.31.